The van der Waals surface area contributed by atoms with Crippen molar-refractivity contribution in [3.63, 3.8) is 0 Å². The lowest BCUT2D eigenvalue weighted by Gasteiger charge is -2.12. The van der Waals surface area contributed by atoms with E-state index in [0.717, 1.165) is 22.5 Å². The molecule has 30 heavy (non-hydrogen) atoms. The Labute approximate surface area is 173 Å². The normalized spacial score (nSPS) is 10.3. The van der Waals surface area contributed by atoms with Gasteiger partial charge in [0.15, 0.2) is 0 Å². The summed E-state index contributed by atoms with van der Waals surface area (Å²) in [6, 6.07) is 27.3. The van der Waals surface area contributed by atoms with Gasteiger partial charge in [0, 0.05) is 23.9 Å². The summed E-state index contributed by atoms with van der Waals surface area (Å²) in [6.07, 6.45) is 0. The van der Waals surface area contributed by atoms with Crippen LogP contribution in [0.15, 0.2) is 84.9 Å². The van der Waals surface area contributed by atoms with Gasteiger partial charge in [-0.15, -0.1) is 0 Å². The highest BCUT2D eigenvalue weighted by atomic mass is 19.1. The second-order valence-corrected chi connectivity index (χ2v) is 6.63. The average Bonchev–Trinajstić information content (AvgIpc) is 2.79. The van der Waals surface area contributed by atoms with Crippen LogP contribution in [0.2, 0.25) is 0 Å². The van der Waals surface area contributed by atoms with Gasteiger partial charge >= 0.3 is 0 Å². The smallest absolute Gasteiger partial charge is 0.229 e. The van der Waals surface area contributed by atoms with Crippen LogP contribution in [-0.4, -0.2) is 9.97 Å². The quantitative estimate of drug-likeness (QED) is 0.450. The van der Waals surface area contributed by atoms with Crippen molar-refractivity contribution in [2.45, 2.75) is 6.54 Å². The number of aromatic nitrogens is 2. The van der Waals surface area contributed by atoms with Crippen LogP contribution in [0.4, 0.5) is 21.8 Å². The zero-order valence-electron chi connectivity index (χ0n) is 16.0. The fraction of sp³-hybridized carbons (Fsp3) is 0.0417. The Bertz CT molecular complexity index is 1180. The van der Waals surface area contributed by atoms with E-state index >= 15 is 0 Å². The van der Waals surface area contributed by atoms with Crippen molar-refractivity contribution in [2.75, 3.05) is 10.6 Å². The van der Waals surface area contributed by atoms with Crippen LogP contribution in [0.25, 0.3) is 11.3 Å². The topological polar surface area (TPSA) is 73.6 Å². The second-order valence-electron chi connectivity index (χ2n) is 6.63. The molecule has 0 aliphatic heterocycles. The van der Waals surface area contributed by atoms with Gasteiger partial charge in [-0.2, -0.15) is 10.2 Å². The summed E-state index contributed by atoms with van der Waals surface area (Å²) in [5.74, 6) is 0.776. The minimum Gasteiger partial charge on any atom is -0.366 e. The Kier molecular flexibility index (Phi) is 5.63. The predicted octanol–water partition coefficient (Wildman–Crippen LogP) is 5.51. The summed E-state index contributed by atoms with van der Waals surface area (Å²) in [4.78, 5) is 9.18. The van der Waals surface area contributed by atoms with E-state index in [1.54, 1.807) is 30.3 Å². The van der Waals surface area contributed by atoms with Crippen molar-refractivity contribution in [3.8, 4) is 17.3 Å². The highest BCUT2D eigenvalue weighted by Gasteiger charge is 2.08. The Hall–Kier alpha value is -4.24. The molecule has 5 nitrogen and oxygen atoms in total. The molecule has 0 spiro atoms. The Morgan fingerprint density at radius 3 is 2.43 bits per heavy atom. The molecule has 0 aliphatic carbocycles. The lowest BCUT2D eigenvalue weighted by Crippen LogP contribution is -2.05. The number of benzene rings is 3. The first-order valence-electron chi connectivity index (χ1n) is 9.39. The minimum absolute atomic E-state index is 0.266. The maximum absolute atomic E-state index is 13.1. The summed E-state index contributed by atoms with van der Waals surface area (Å²) in [7, 11) is 0. The van der Waals surface area contributed by atoms with Gasteiger partial charge in [0.05, 0.1) is 17.3 Å². The van der Waals surface area contributed by atoms with Gasteiger partial charge in [0.25, 0.3) is 0 Å². The highest BCUT2D eigenvalue weighted by Crippen LogP contribution is 2.23. The number of nitriles is 1. The van der Waals surface area contributed by atoms with Crippen LogP contribution >= 0.6 is 0 Å². The molecule has 0 radical (unpaired) electrons. The van der Waals surface area contributed by atoms with Gasteiger partial charge in [0.2, 0.25) is 5.95 Å². The molecule has 4 aromatic rings. The fourth-order valence-corrected chi connectivity index (χ4v) is 2.94. The number of halogens is 1. The molecule has 0 saturated heterocycles. The van der Waals surface area contributed by atoms with Gasteiger partial charge in [0.1, 0.15) is 11.6 Å². The third kappa shape index (κ3) is 4.78. The van der Waals surface area contributed by atoms with Crippen molar-refractivity contribution < 1.29 is 4.39 Å². The maximum Gasteiger partial charge on any atom is 0.229 e. The molecule has 1 heterocycles. The first-order chi connectivity index (χ1) is 14.7. The average molecular weight is 395 g/mol. The molecular formula is C24H18FN5. The monoisotopic (exact) mass is 395 g/mol. The van der Waals surface area contributed by atoms with E-state index in [1.165, 1.54) is 12.1 Å². The van der Waals surface area contributed by atoms with Gasteiger partial charge in [-0.3, -0.25) is 0 Å². The molecule has 4 rings (SSSR count). The standard InChI is InChI=1S/C24H18FN5/c25-20-11-9-17(10-12-20)16-27-23-14-22(19-6-2-1-3-7-19)29-24(30-23)28-21-8-4-5-18(13-21)15-26/h1-14H,16H2,(H2,27,28,29,30). The van der Waals surface area contributed by atoms with Gasteiger partial charge in [-0.1, -0.05) is 48.5 Å². The first kappa shape index (κ1) is 19.1. The van der Waals surface area contributed by atoms with Crippen LogP contribution in [0.3, 0.4) is 0 Å². The van der Waals surface area contributed by atoms with Crippen molar-refractivity contribution in [3.05, 3.63) is 102 Å². The van der Waals surface area contributed by atoms with Gasteiger partial charge < -0.3 is 10.6 Å². The highest BCUT2D eigenvalue weighted by molar-refractivity contribution is 5.66. The summed E-state index contributed by atoms with van der Waals surface area (Å²) >= 11 is 0. The molecule has 0 aliphatic rings. The van der Waals surface area contributed by atoms with E-state index in [2.05, 4.69) is 26.7 Å². The molecule has 146 valence electrons. The number of hydrogen-bond acceptors (Lipinski definition) is 5. The number of anilines is 3. The summed E-state index contributed by atoms with van der Waals surface area (Å²) in [5, 5.41) is 15.6. The van der Waals surface area contributed by atoms with Crippen molar-refractivity contribution in [1.29, 1.82) is 5.26 Å². The Balaban J connectivity index is 1.63. The SMILES string of the molecule is N#Cc1cccc(Nc2nc(NCc3ccc(F)cc3)cc(-c3ccccc3)n2)c1. The van der Waals surface area contributed by atoms with Crippen molar-refractivity contribution in [1.82, 2.24) is 9.97 Å². The van der Waals surface area contributed by atoms with Gasteiger partial charge in [-0.25, -0.2) is 9.37 Å². The molecule has 0 bridgehead atoms. The van der Waals surface area contributed by atoms with E-state index in [4.69, 9.17) is 5.26 Å². The Morgan fingerprint density at radius 1 is 0.867 bits per heavy atom. The lowest BCUT2D eigenvalue weighted by molar-refractivity contribution is 0.627. The molecule has 3 aromatic carbocycles. The second kappa shape index (κ2) is 8.84. The Morgan fingerprint density at radius 2 is 1.67 bits per heavy atom. The summed E-state index contributed by atoms with van der Waals surface area (Å²) in [5.41, 5.74) is 3.93. The molecule has 0 unspecified atom stereocenters. The number of hydrogen-bond donors (Lipinski definition) is 2. The zero-order chi connectivity index (χ0) is 20.8. The van der Waals surface area contributed by atoms with E-state index in [0.29, 0.717) is 23.9 Å². The van der Waals surface area contributed by atoms with Gasteiger partial charge in [-0.05, 0) is 35.9 Å². The van der Waals surface area contributed by atoms with E-state index in [-0.39, 0.29) is 5.82 Å². The fourth-order valence-electron chi connectivity index (χ4n) is 2.94. The first-order valence-corrected chi connectivity index (χ1v) is 9.39. The molecule has 2 N–H and O–H groups in total. The number of nitrogens with zero attached hydrogens (tertiary/aromatic N) is 3. The number of nitrogens with one attached hydrogen (secondary N) is 2. The lowest BCUT2D eigenvalue weighted by atomic mass is 10.1. The van der Waals surface area contributed by atoms with Crippen LogP contribution in [0.1, 0.15) is 11.1 Å². The molecular weight excluding hydrogens is 377 g/mol. The zero-order valence-corrected chi connectivity index (χ0v) is 16.0. The molecule has 6 heteroatoms. The molecule has 0 atom stereocenters. The predicted molar refractivity (Wildman–Crippen MR) is 116 cm³/mol. The van der Waals surface area contributed by atoms with Crippen LogP contribution < -0.4 is 10.6 Å². The molecule has 0 fully saturated rings. The van der Waals surface area contributed by atoms with Crippen LogP contribution in [-0.2, 0) is 6.54 Å². The maximum atomic E-state index is 13.1. The molecule has 0 amide bonds. The van der Waals surface area contributed by atoms with Crippen molar-refractivity contribution in [2.24, 2.45) is 0 Å². The number of rotatable bonds is 6. The third-order valence-corrected chi connectivity index (χ3v) is 4.43. The molecule has 0 saturated carbocycles. The molecule has 1 aromatic heterocycles. The van der Waals surface area contributed by atoms with Crippen LogP contribution in [0, 0.1) is 17.1 Å². The summed E-state index contributed by atoms with van der Waals surface area (Å²) in [6.45, 7) is 0.495. The minimum atomic E-state index is -0.266. The van der Waals surface area contributed by atoms with Crippen LogP contribution in [0.5, 0.6) is 0 Å². The van der Waals surface area contributed by atoms with Crippen molar-refractivity contribution >= 4 is 17.5 Å². The van der Waals surface area contributed by atoms with E-state index in [1.807, 2.05) is 42.5 Å². The van der Waals surface area contributed by atoms with E-state index in [9.17, 15) is 4.39 Å². The largest absolute Gasteiger partial charge is 0.366 e. The third-order valence-electron chi connectivity index (χ3n) is 4.43. The van der Waals surface area contributed by atoms with E-state index < -0.39 is 0 Å². The summed E-state index contributed by atoms with van der Waals surface area (Å²) < 4.78 is 13.1.